The predicted molar refractivity (Wildman–Crippen MR) is 89.2 cm³/mol. The monoisotopic (exact) mass is 471 g/mol. The number of rotatable bonds is 1. The van der Waals surface area contributed by atoms with Crippen LogP contribution in [0.25, 0.3) is 0 Å². The number of alkyl halides is 3. The van der Waals surface area contributed by atoms with Crippen molar-refractivity contribution in [3.8, 4) is 0 Å². The van der Waals surface area contributed by atoms with E-state index in [1.807, 2.05) is 0 Å². The average molecular weight is 472 g/mol. The van der Waals surface area contributed by atoms with Crippen LogP contribution >= 0.6 is 7.92 Å². The molecule has 0 radical (unpaired) electrons. The van der Waals surface area contributed by atoms with Gasteiger partial charge in [0.1, 0.15) is 0 Å². The third-order valence-corrected chi connectivity index (χ3v) is 3.29. The first kappa shape index (κ1) is 28.6. The van der Waals surface area contributed by atoms with Crippen LogP contribution in [0.4, 0.5) is 13.2 Å². The standard InChI is InChI=1S/C10H18.C3H9P.CHF3O3S.Pd/c1-10(2,3)9-7-5-4-6-8-9;1-4(2)3;2-1(3,4)8(5,6)7;/h1,4-8H2,2-3H3;1-3H3;(H,5,6,7);/q-2;;;+2/p+1. The second-order valence-electron chi connectivity index (χ2n) is 6.47. The van der Waals surface area contributed by atoms with Gasteiger partial charge in [-0.15, -0.1) is 13.8 Å². The van der Waals surface area contributed by atoms with E-state index in [0.717, 1.165) is 0 Å². The van der Waals surface area contributed by atoms with Crippen LogP contribution in [0.1, 0.15) is 46.0 Å². The summed E-state index contributed by atoms with van der Waals surface area (Å²) in [5.74, 6) is 1.68. The quantitative estimate of drug-likeness (QED) is 0.195. The Hall–Kier alpha value is 0.792. The fourth-order valence-electron chi connectivity index (χ4n) is 1.66. The molecule has 0 aromatic heterocycles. The Morgan fingerprint density at radius 2 is 1.30 bits per heavy atom. The first-order chi connectivity index (χ1) is 9.59. The van der Waals surface area contributed by atoms with Crippen molar-refractivity contribution in [1.82, 2.24) is 0 Å². The largest absolute Gasteiger partial charge is 2.00 e. The molecule has 1 rings (SSSR count). The summed E-state index contributed by atoms with van der Waals surface area (Å²) < 4.78 is 57.5. The molecule has 1 aliphatic carbocycles. The normalized spacial score (nSPS) is 16.5. The zero-order chi connectivity index (χ0) is 18.2. The van der Waals surface area contributed by atoms with Crippen molar-refractivity contribution in [3.05, 3.63) is 12.8 Å². The number of halogens is 3. The molecule has 0 aromatic carbocycles. The van der Waals surface area contributed by atoms with E-state index >= 15 is 0 Å². The fraction of sp³-hybridized carbons (Fsp3) is 0.857. The zero-order valence-corrected chi connectivity index (χ0v) is 17.7. The molecule has 0 unspecified atom stereocenters. The van der Waals surface area contributed by atoms with E-state index in [4.69, 9.17) is 13.0 Å². The topological polar surface area (TPSA) is 54.4 Å². The van der Waals surface area contributed by atoms with Crippen molar-refractivity contribution in [2.75, 3.05) is 20.0 Å². The predicted octanol–water partition coefficient (Wildman–Crippen LogP) is 4.87. The average Bonchev–Trinajstić information content (AvgIpc) is 2.26. The van der Waals surface area contributed by atoms with Crippen molar-refractivity contribution < 1.29 is 46.6 Å². The molecule has 1 fully saturated rings. The third-order valence-electron chi connectivity index (χ3n) is 2.71. The van der Waals surface area contributed by atoms with Gasteiger partial charge in [-0.1, -0.05) is 19.3 Å². The van der Waals surface area contributed by atoms with Gasteiger partial charge in [-0.2, -0.15) is 34.4 Å². The summed E-state index contributed by atoms with van der Waals surface area (Å²) >= 11 is 0. The number of hydrogen-bond acceptors (Lipinski definition) is 2. The Kier molecular flexibility index (Phi) is 15.2. The molecule has 0 spiro atoms. The molecule has 144 valence electrons. The van der Waals surface area contributed by atoms with Gasteiger partial charge in [0.05, 0.1) is 0 Å². The molecule has 1 saturated carbocycles. The van der Waals surface area contributed by atoms with Crippen molar-refractivity contribution in [1.29, 1.82) is 0 Å². The van der Waals surface area contributed by atoms with Crippen LogP contribution in [0.3, 0.4) is 0 Å². The Balaban J connectivity index is -0.000000279. The maximum absolute atomic E-state index is 10.7. The molecule has 0 saturated heterocycles. The molecule has 0 amide bonds. The minimum Gasteiger partial charge on any atom is -0.367 e. The maximum Gasteiger partial charge on any atom is 2.00 e. The van der Waals surface area contributed by atoms with Crippen molar-refractivity contribution in [2.24, 2.45) is 5.41 Å². The molecule has 0 bridgehead atoms. The number of hydrogen-bond donors (Lipinski definition) is 1. The van der Waals surface area contributed by atoms with Crippen molar-refractivity contribution in [2.45, 2.75) is 51.5 Å². The van der Waals surface area contributed by atoms with Crippen LogP contribution in [-0.4, -0.2) is 38.5 Å². The molecular formula is C14H29F3O3PPdS+. The minimum atomic E-state index is -5.84. The molecule has 0 atom stereocenters. The molecule has 0 aromatic rings. The van der Waals surface area contributed by atoms with Crippen LogP contribution in [0.5, 0.6) is 0 Å². The third kappa shape index (κ3) is 17.4. The molecule has 3 nitrogen and oxygen atoms in total. The van der Waals surface area contributed by atoms with Crippen LogP contribution in [0, 0.1) is 18.3 Å². The first-order valence-electron chi connectivity index (χ1n) is 7.10. The molecule has 1 N–H and O–H groups in total. The summed E-state index contributed by atoms with van der Waals surface area (Å²) in [7, 11) is -5.72. The van der Waals surface area contributed by atoms with E-state index in [0.29, 0.717) is 0 Å². The van der Waals surface area contributed by atoms with E-state index in [1.165, 1.54) is 32.1 Å². The summed E-state index contributed by atoms with van der Waals surface area (Å²) in [4.78, 5) is 0. The second-order valence-corrected chi connectivity index (χ2v) is 10.9. The Labute approximate surface area is 154 Å². The van der Waals surface area contributed by atoms with Gasteiger partial charge in [0.2, 0.25) is 0 Å². The Morgan fingerprint density at radius 3 is 1.43 bits per heavy atom. The molecular weight excluding hydrogens is 443 g/mol. The van der Waals surface area contributed by atoms with Crippen LogP contribution in [0.2, 0.25) is 0 Å². The minimum absolute atomic E-state index is 0. The smallest absolute Gasteiger partial charge is 0.367 e. The van der Waals surface area contributed by atoms with Crippen LogP contribution in [-0.2, 0) is 30.5 Å². The van der Waals surface area contributed by atoms with Gasteiger partial charge in [0.15, 0.2) is 0 Å². The SMILES string of the molecule is C[PH+](C)C.O=S(=O)(O)C(F)(F)F.[CH2-]C(C)(C)[C-]1CCCCC1.[Pd+2]. The summed E-state index contributed by atoms with van der Waals surface area (Å²) in [6.07, 6.45) is 6.88. The molecule has 23 heavy (non-hydrogen) atoms. The van der Waals surface area contributed by atoms with Gasteiger partial charge in [-0.05, 0) is 7.92 Å². The molecule has 0 heterocycles. The van der Waals surface area contributed by atoms with Gasteiger partial charge in [0.25, 0.3) is 0 Å². The van der Waals surface area contributed by atoms with Gasteiger partial charge in [-0.25, -0.2) is 0 Å². The van der Waals surface area contributed by atoms with Gasteiger partial charge >= 0.3 is 36.0 Å². The van der Waals surface area contributed by atoms with Crippen LogP contribution in [0.15, 0.2) is 0 Å². The summed E-state index contributed by atoms with van der Waals surface area (Å²) in [6, 6.07) is 0. The first-order valence-corrected chi connectivity index (χ1v) is 11.5. The molecule has 9 heteroatoms. The molecule has 0 aliphatic heterocycles. The van der Waals surface area contributed by atoms with Gasteiger partial charge in [0, 0.05) is 20.0 Å². The maximum atomic E-state index is 10.7. The fourth-order valence-corrected chi connectivity index (χ4v) is 1.66. The van der Waals surface area contributed by atoms with Gasteiger partial charge < -0.3 is 12.8 Å². The summed E-state index contributed by atoms with van der Waals surface area (Å²) in [5.41, 5.74) is -5.30. The Morgan fingerprint density at radius 1 is 1.04 bits per heavy atom. The van der Waals surface area contributed by atoms with Gasteiger partial charge in [-0.3, -0.25) is 9.97 Å². The van der Waals surface area contributed by atoms with E-state index in [2.05, 4.69) is 40.8 Å². The van der Waals surface area contributed by atoms with E-state index in [1.54, 1.807) is 5.92 Å². The summed E-state index contributed by atoms with van der Waals surface area (Å²) in [6.45, 7) is 15.4. The van der Waals surface area contributed by atoms with Crippen LogP contribution < -0.4 is 0 Å². The van der Waals surface area contributed by atoms with Crippen molar-refractivity contribution in [3.63, 3.8) is 0 Å². The van der Waals surface area contributed by atoms with Crippen molar-refractivity contribution >= 4 is 18.0 Å². The van der Waals surface area contributed by atoms with E-state index in [-0.39, 0.29) is 33.8 Å². The molecule has 1 aliphatic rings. The van der Waals surface area contributed by atoms with E-state index < -0.39 is 15.6 Å². The second kappa shape index (κ2) is 12.2. The van der Waals surface area contributed by atoms with E-state index in [9.17, 15) is 13.2 Å². The Bertz CT molecular complexity index is 384. The summed E-state index contributed by atoms with van der Waals surface area (Å²) in [5, 5.41) is 0. The zero-order valence-electron chi connectivity index (χ0n) is 14.4.